The second-order valence-corrected chi connectivity index (χ2v) is 4.09. The van der Waals surface area contributed by atoms with E-state index >= 15 is 0 Å². The number of aromatic nitrogens is 3. The molecule has 1 fully saturated rings. The van der Waals surface area contributed by atoms with Crippen LogP contribution in [-0.2, 0) is 16.1 Å². The van der Waals surface area contributed by atoms with Gasteiger partial charge >= 0.3 is 5.97 Å². The molecular weight excluding hydrogens is 254 g/mol. The van der Waals surface area contributed by atoms with Crippen LogP contribution in [0.25, 0.3) is 0 Å². The molecule has 0 unspecified atom stereocenters. The Morgan fingerprint density at radius 2 is 2.21 bits per heavy atom. The standard InChI is InChI=1S/C10H13N5O4/c16-8-1-3-14(4-2-11-8)9(17)6-15-5-7(10(18)19)12-13-15/h5H,1-4,6H2,(H,11,16)(H,18,19). The van der Waals surface area contributed by atoms with Gasteiger partial charge in [0.2, 0.25) is 11.8 Å². The topological polar surface area (TPSA) is 117 Å². The minimum atomic E-state index is -1.19. The number of nitrogens with one attached hydrogen (secondary N) is 1. The Hall–Kier alpha value is -2.45. The van der Waals surface area contributed by atoms with Gasteiger partial charge in [0.15, 0.2) is 5.69 Å². The number of hydrogen-bond donors (Lipinski definition) is 2. The molecule has 2 amide bonds. The molecule has 0 atom stereocenters. The summed E-state index contributed by atoms with van der Waals surface area (Å²) < 4.78 is 1.17. The van der Waals surface area contributed by atoms with Crippen LogP contribution in [0.3, 0.4) is 0 Å². The summed E-state index contributed by atoms with van der Waals surface area (Å²) in [6.45, 7) is 1.12. The van der Waals surface area contributed by atoms with E-state index < -0.39 is 5.97 Å². The van der Waals surface area contributed by atoms with Gasteiger partial charge in [-0.15, -0.1) is 5.10 Å². The zero-order valence-electron chi connectivity index (χ0n) is 10.1. The highest BCUT2D eigenvalue weighted by molar-refractivity contribution is 5.85. The van der Waals surface area contributed by atoms with E-state index in [1.165, 1.54) is 10.9 Å². The lowest BCUT2D eigenvalue weighted by atomic mass is 10.3. The van der Waals surface area contributed by atoms with E-state index in [9.17, 15) is 14.4 Å². The first kappa shape index (κ1) is 13.0. The van der Waals surface area contributed by atoms with Crippen molar-refractivity contribution in [2.45, 2.75) is 13.0 Å². The number of nitrogens with zero attached hydrogens (tertiary/aromatic N) is 4. The third-order valence-electron chi connectivity index (χ3n) is 2.72. The molecule has 2 rings (SSSR count). The molecule has 102 valence electrons. The van der Waals surface area contributed by atoms with Crippen LogP contribution in [0.2, 0.25) is 0 Å². The van der Waals surface area contributed by atoms with E-state index in [4.69, 9.17) is 5.11 Å². The van der Waals surface area contributed by atoms with Crippen LogP contribution in [-0.4, -0.2) is 62.4 Å². The van der Waals surface area contributed by atoms with Crippen molar-refractivity contribution in [1.82, 2.24) is 25.2 Å². The third-order valence-corrected chi connectivity index (χ3v) is 2.72. The predicted octanol–water partition coefficient (Wildman–Crippen LogP) is -1.68. The van der Waals surface area contributed by atoms with Crippen LogP contribution in [0.15, 0.2) is 6.20 Å². The molecule has 1 aromatic heterocycles. The van der Waals surface area contributed by atoms with Crippen molar-refractivity contribution in [1.29, 1.82) is 0 Å². The van der Waals surface area contributed by atoms with E-state index in [-0.39, 0.29) is 30.5 Å². The first-order valence-corrected chi connectivity index (χ1v) is 5.74. The summed E-state index contributed by atoms with van der Waals surface area (Å²) in [5.74, 6) is -1.49. The van der Waals surface area contributed by atoms with Crippen LogP contribution in [0, 0.1) is 0 Å². The highest BCUT2D eigenvalue weighted by Gasteiger charge is 2.19. The van der Waals surface area contributed by atoms with Gasteiger partial charge < -0.3 is 15.3 Å². The molecule has 2 N–H and O–H groups in total. The predicted molar refractivity (Wildman–Crippen MR) is 61.2 cm³/mol. The van der Waals surface area contributed by atoms with Gasteiger partial charge in [-0.05, 0) is 0 Å². The van der Waals surface area contributed by atoms with Gasteiger partial charge in [-0.3, -0.25) is 9.59 Å². The molecule has 0 spiro atoms. The molecule has 1 aliphatic heterocycles. The first-order chi connectivity index (χ1) is 9.06. The van der Waals surface area contributed by atoms with Crippen molar-refractivity contribution in [2.75, 3.05) is 19.6 Å². The third kappa shape index (κ3) is 3.27. The van der Waals surface area contributed by atoms with Gasteiger partial charge in [-0.2, -0.15) is 0 Å². The van der Waals surface area contributed by atoms with Crippen molar-refractivity contribution in [2.24, 2.45) is 0 Å². The zero-order chi connectivity index (χ0) is 13.8. The Morgan fingerprint density at radius 1 is 1.42 bits per heavy atom. The van der Waals surface area contributed by atoms with Crippen LogP contribution < -0.4 is 5.32 Å². The van der Waals surface area contributed by atoms with Crippen molar-refractivity contribution in [3.63, 3.8) is 0 Å². The lowest BCUT2D eigenvalue weighted by molar-refractivity contribution is -0.131. The largest absolute Gasteiger partial charge is 0.476 e. The van der Waals surface area contributed by atoms with Crippen molar-refractivity contribution < 1.29 is 19.5 Å². The summed E-state index contributed by atoms with van der Waals surface area (Å²) in [5, 5.41) is 18.3. The number of carboxylic acid groups (broad SMARTS) is 1. The Kier molecular flexibility index (Phi) is 3.74. The smallest absolute Gasteiger partial charge is 0.358 e. The fraction of sp³-hybridized carbons (Fsp3) is 0.500. The molecule has 0 bridgehead atoms. The summed E-state index contributed by atoms with van der Waals surface area (Å²) in [5.41, 5.74) is -0.208. The van der Waals surface area contributed by atoms with Gasteiger partial charge in [0.25, 0.3) is 0 Å². The van der Waals surface area contributed by atoms with E-state index in [1.54, 1.807) is 4.90 Å². The lowest BCUT2D eigenvalue weighted by Gasteiger charge is -2.19. The molecular formula is C10H13N5O4. The Bertz CT molecular complexity index is 512. The maximum atomic E-state index is 12.0. The molecule has 0 saturated carbocycles. The van der Waals surface area contributed by atoms with Crippen LogP contribution in [0.1, 0.15) is 16.9 Å². The molecule has 9 heteroatoms. The maximum absolute atomic E-state index is 12.0. The Balaban J connectivity index is 1.95. The van der Waals surface area contributed by atoms with Crippen molar-refractivity contribution in [3.8, 4) is 0 Å². The van der Waals surface area contributed by atoms with Crippen LogP contribution in [0.5, 0.6) is 0 Å². The molecule has 2 heterocycles. The number of carboxylic acids is 1. The first-order valence-electron chi connectivity index (χ1n) is 5.74. The summed E-state index contributed by atoms with van der Waals surface area (Å²) in [6.07, 6.45) is 1.46. The van der Waals surface area contributed by atoms with Gasteiger partial charge in [0.1, 0.15) is 6.54 Å². The summed E-state index contributed by atoms with van der Waals surface area (Å²) in [6, 6.07) is 0. The van der Waals surface area contributed by atoms with Crippen molar-refractivity contribution in [3.05, 3.63) is 11.9 Å². The monoisotopic (exact) mass is 267 g/mol. The highest BCUT2D eigenvalue weighted by Crippen LogP contribution is 2.00. The van der Waals surface area contributed by atoms with Crippen LogP contribution >= 0.6 is 0 Å². The van der Waals surface area contributed by atoms with Gasteiger partial charge in [-0.25, -0.2) is 9.48 Å². The maximum Gasteiger partial charge on any atom is 0.358 e. The van der Waals surface area contributed by atoms with Crippen LogP contribution in [0.4, 0.5) is 0 Å². The summed E-state index contributed by atoms with van der Waals surface area (Å²) in [7, 11) is 0. The molecule has 0 radical (unpaired) electrons. The lowest BCUT2D eigenvalue weighted by Crippen LogP contribution is -2.36. The van der Waals surface area contributed by atoms with Gasteiger partial charge in [0, 0.05) is 26.1 Å². The normalized spacial score (nSPS) is 15.8. The second kappa shape index (κ2) is 5.46. The quantitative estimate of drug-likeness (QED) is 0.675. The van der Waals surface area contributed by atoms with Gasteiger partial charge in [-0.1, -0.05) is 5.21 Å². The fourth-order valence-electron chi connectivity index (χ4n) is 1.73. The molecule has 0 aliphatic carbocycles. The minimum absolute atomic E-state index is 0.0794. The molecule has 1 aromatic rings. The number of hydrogen-bond acceptors (Lipinski definition) is 5. The zero-order valence-corrected chi connectivity index (χ0v) is 10.1. The number of carbonyl (C=O) groups is 3. The summed E-state index contributed by atoms with van der Waals surface area (Å²) >= 11 is 0. The SMILES string of the molecule is O=C1CCN(C(=O)Cn2cc(C(=O)O)nn2)CCN1. The second-order valence-electron chi connectivity index (χ2n) is 4.09. The summed E-state index contributed by atoms with van der Waals surface area (Å²) in [4.78, 5) is 35.3. The highest BCUT2D eigenvalue weighted by atomic mass is 16.4. The minimum Gasteiger partial charge on any atom is -0.476 e. The fourth-order valence-corrected chi connectivity index (χ4v) is 1.73. The van der Waals surface area contributed by atoms with Crippen molar-refractivity contribution >= 4 is 17.8 Å². The molecule has 19 heavy (non-hydrogen) atoms. The van der Waals surface area contributed by atoms with E-state index in [0.717, 1.165) is 0 Å². The van der Waals surface area contributed by atoms with Gasteiger partial charge in [0.05, 0.1) is 6.20 Å². The Labute approximate surface area is 108 Å². The average molecular weight is 267 g/mol. The van der Waals surface area contributed by atoms with E-state index in [2.05, 4.69) is 15.6 Å². The van der Waals surface area contributed by atoms with E-state index in [1.807, 2.05) is 0 Å². The number of rotatable bonds is 3. The molecule has 0 aromatic carbocycles. The number of carbonyl (C=O) groups excluding carboxylic acids is 2. The Morgan fingerprint density at radius 3 is 2.89 bits per heavy atom. The molecule has 9 nitrogen and oxygen atoms in total. The molecule has 1 saturated heterocycles. The molecule has 1 aliphatic rings. The average Bonchev–Trinajstić information content (AvgIpc) is 2.71. The number of aromatic carboxylic acids is 1. The van der Waals surface area contributed by atoms with E-state index in [0.29, 0.717) is 19.6 Å². The number of amides is 2.